The molecule has 0 aliphatic carbocycles. The minimum atomic E-state index is -0.319. The van der Waals surface area contributed by atoms with Crippen LogP contribution >= 0.6 is 0 Å². The van der Waals surface area contributed by atoms with Crippen molar-refractivity contribution in [2.24, 2.45) is 0 Å². The lowest BCUT2D eigenvalue weighted by molar-refractivity contribution is 0.0937. The molecule has 1 amide bonds. The van der Waals surface area contributed by atoms with Crippen molar-refractivity contribution in [3.8, 4) is 11.3 Å². The summed E-state index contributed by atoms with van der Waals surface area (Å²) >= 11 is 0. The number of morpholine rings is 1. The molecule has 31 heavy (non-hydrogen) atoms. The number of ether oxygens (including phenoxy) is 1. The second-order valence-corrected chi connectivity index (χ2v) is 7.03. The zero-order valence-electron chi connectivity index (χ0n) is 16.9. The first-order valence-corrected chi connectivity index (χ1v) is 9.95. The Labute approximate surface area is 177 Å². The maximum atomic E-state index is 12.1. The number of fused-ring (bicyclic) bond motifs is 1. The largest absolute Gasteiger partial charge is 0.445 e. The van der Waals surface area contributed by atoms with Gasteiger partial charge in [0.15, 0.2) is 23.0 Å². The highest BCUT2D eigenvalue weighted by atomic mass is 16.5. The van der Waals surface area contributed by atoms with E-state index in [-0.39, 0.29) is 11.7 Å². The van der Waals surface area contributed by atoms with Gasteiger partial charge in [0, 0.05) is 32.3 Å². The van der Waals surface area contributed by atoms with Crippen LogP contribution in [0.15, 0.2) is 46.9 Å². The number of amides is 1. The molecule has 1 aromatic carbocycles. The average molecular weight is 419 g/mol. The predicted octanol–water partition coefficient (Wildman–Crippen LogP) is 2.55. The topological polar surface area (TPSA) is 121 Å². The van der Waals surface area contributed by atoms with Crippen molar-refractivity contribution in [2.45, 2.75) is 0 Å². The lowest BCUT2D eigenvalue weighted by atomic mass is 10.2. The van der Waals surface area contributed by atoms with E-state index in [1.807, 2.05) is 36.4 Å². The predicted molar refractivity (Wildman–Crippen MR) is 116 cm³/mol. The molecule has 10 nitrogen and oxygen atoms in total. The minimum absolute atomic E-state index is 0.185. The number of aromatic nitrogens is 4. The fourth-order valence-electron chi connectivity index (χ4n) is 3.46. The fourth-order valence-corrected chi connectivity index (χ4v) is 3.46. The number of benzene rings is 1. The molecular weight excluding hydrogens is 398 g/mol. The van der Waals surface area contributed by atoms with Gasteiger partial charge in [0.05, 0.1) is 18.9 Å². The number of hydrogen-bond donors (Lipinski definition) is 3. The molecule has 1 aliphatic rings. The van der Waals surface area contributed by atoms with Crippen LogP contribution in [0.5, 0.6) is 0 Å². The van der Waals surface area contributed by atoms with Gasteiger partial charge in [0.1, 0.15) is 5.52 Å². The van der Waals surface area contributed by atoms with Crippen molar-refractivity contribution in [1.29, 1.82) is 0 Å². The molecule has 10 heteroatoms. The van der Waals surface area contributed by atoms with Crippen molar-refractivity contribution in [3.05, 3.63) is 48.2 Å². The van der Waals surface area contributed by atoms with Gasteiger partial charge in [-0.3, -0.25) is 9.89 Å². The number of nitrogens with zero attached hydrogens (tertiary/aromatic N) is 4. The van der Waals surface area contributed by atoms with Gasteiger partial charge in [-0.25, -0.2) is 4.98 Å². The van der Waals surface area contributed by atoms with E-state index >= 15 is 0 Å². The quantitative estimate of drug-likeness (QED) is 0.451. The Bertz CT molecular complexity index is 1210. The highest BCUT2D eigenvalue weighted by molar-refractivity contribution is 5.97. The highest BCUT2D eigenvalue weighted by Gasteiger charge is 2.22. The lowest BCUT2D eigenvalue weighted by Gasteiger charge is -2.27. The van der Waals surface area contributed by atoms with Crippen LogP contribution in [0.4, 0.5) is 17.6 Å². The lowest BCUT2D eigenvalue weighted by Crippen LogP contribution is -2.37. The summed E-state index contributed by atoms with van der Waals surface area (Å²) in [7, 11) is 1.55. The van der Waals surface area contributed by atoms with Gasteiger partial charge in [-0.05, 0) is 5.56 Å². The van der Waals surface area contributed by atoms with E-state index in [0.29, 0.717) is 55.0 Å². The minimum Gasteiger partial charge on any atom is -0.445 e. The summed E-state index contributed by atoms with van der Waals surface area (Å²) < 4.78 is 11.3. The third-order valence-corrected chi connectivity index (χ3v) is 5.02. The number of carbonyl (C=O) groups excluding carboxylic acids is 1. The van der Waals surface area contributed by atoms with Crippen molar-refractivity contribution >= 4 is 34.6 Å². The number of furan rings is 1. The van der Waals surface area contributed by atoms with Gasteiger partial charge < -0.3 is 24.7 Å². The van der Waals surface area contributed by atoms with Crippen LogP contribution in [0.3, 0.4) is 0 Å². The summed E-state index contributed by atoms with van der Waals surface area (Å²) in [6.45, 7) is 2.53. The molecule has 0 atom stereocenters. The first kappa shape index (κ1) is 19.1. The third-order valence-electron chi connectivity index (χ3n) is 5.02. The number of carbonyl (C=O) groups is 1. The van der Waals surface area contributed by atoms with Crippen molar-refractivity contribution in [1.82, 2.24) is 25.5 Å². The van der Waals surface area contributed by atoms with Gasteiger partial charge in [0.25, 0.3) is 5.91 Å². The molecular formula is C21H21N7O3. The van der Waals surface area contributed by atoms with E-state index in [1.54, 1.807) is 13.1 Å². The normalized spacial score (nSPS) is 14.0. The third kappa shape index (κ3) is 3.80. The highest BCUT2D eigenvalue weighted by Crippen LogP contribution is 2.30. The number of rotatable bonds is 5. The first-order valence-electron chi connectivity index (χ1n) is 9.95. The summed E-state index contributed by atoms with van der Waals surface area (Å²) in [5, 5.41) is 13.1. The molecule has 1 fully saturated rings. The Morgan fingerprint density at radius 3 is 2.71 bits per heavy atom. The molecule has 3 aromatic heterocycles. The van der Waals surface area contributed by atoms with Crippen LogP contribution < -0.4 is 15.5 Å². The van der Waals surface area contributed by atoms with Crippen LogP contribution in [-0.4, -0.2) is 59.4 Å². The molecule has 3 N–H and O–H groups in total. The number of aromatic amines is 1. The van der Waals surface area contributed by atoms with E-state index in [4.69, 9.17) is 9.15 Å². The smallest absolute Gasteiger partial charge is 0.286 e. The number of hydrogen-bond acceptors (Lipinski definition) is 8. The van der Waals surface area contributed by atoms with Gasteiger partial charge >= 0.3 is 0 Å². The number of anilines is 3. The monoisotopic (exact) mass is 419 g/mol. The molecule has 0 unspecified atom stereocenters. The summed E-state index contributed by atoms with van der Waals surface area (Å²) in [4.78, 5) is 23.3. The van der Waals surface area contributed by atoms with E-state index in [2.05, 4.69) is 35.7 Å². The Morgan fingerprint density at radius 1 is 1.13 bits per heavy atom. The molecule has 0 bridgehead atoms. The summed E-state index contributed by atoms with van der Waals surface area (Å²) in [6.07, 6.45) is 0. The average Bonchev–Trinajstić information content (AvgIpc) is 3.46. The second kappa shape index (κ2) is 8.07. The Hall–Kier alpha value is -3.92. The Balaban J connectivity index is 1.51. The van der Waals surface area contributed by atoms with E-state index < -0.39 is 0 Å². The molecule has 4 aromatic rings. The molecule has 158 valence electrons. The van der Waals surface area contributed by atoms with Crippen LogP contribution in [0.25, 0.3) is 22.4 Å². The standard InChI is InChI=1S/C21H21N7O3/c1-22-20(29)16-11-15-18(31-16)19(28-7-9-30-10-8-28)25-21(23-15)24-17-12-14(26-27-17)13-5-3-2-4-6-13/h2-6,11-12H,7-10H2,1H3,(H,22,29)(H2,23,24,25,26,27). The van der Waals surface area contributed by atoms with Gasteiger partial charge in [-0.2, -0.15) is 10.1 Å². The molecule has 1 saturated heterocycles. The SMILES string of the molecule is CNC(=O)c1cc2nc(Nc3cc(-c4ccccc4)[nH]n3)nc(N3CCOCC3)c2o1. The zero-order chi connectivity index (χ0) is 21.2. The van der Waals surface area contributed by atoms with Crippen molar-refractivity contribution in [3.63, 3.8) is 0 Å². The fraction of sp³-hybridized carbons (Fsp3) is 0.238. The zero-order valence-corrected chi connectivity index (χ0v) is 16.9. The maximum Gasteiger partial charge on any atom is 0.286 e. The van der Waals surface area contributed by atoms with Gasteiger partial charge in [0.2, 0.25) is 5.95 Å². The van der Waals surface area contributed by atoms with Crippen LogP contribution in [0, 0.1) is 0 Å². The summed E-state index contributed by atoms with van der Waals surface area (Å²) in [6, 6.07) is 13.4. The van der Waals surface area contributed by atoms with Crippen molar-refractivity contribution in [2.75, 3.05) is 43.6 Å². The molecule has 0 spiro atoms. The summed E-state index contributed by atoms with van der Waals surface area (Å²) in [5.41, 5.74) is 2.91. The van der Waals surface area contributed by atoms with E-state index in [0.717, 1.165) is 11.3 Å². The molecule has 0 radical (unpaired) electrons. The Morgan fingerprint density at radius 2 is 1.94 bits per heavy atom. The van der Waals surface area contributed by atoms with Crippen LogP contribution in [0.1, 0.15) is 10.6 Å². The number of nitrogens with one attached hydrogen (secondary N) is 3. The van der Waals surface area contributed by atoms with Crippen molar-refractivity contribution < 1.29 is 13.9 Å². The van der Waals surface area contributed by atoms with Crippen LogP contribution in [-0.2, 0) is 4.74 Å². The van der Waals surface area contributed by atoms with Gasteiger partial charge in [-0.1, -0.05) is 30.3 Å². The molecule has 1 aliphatic heterocycles. The molecule has 0 saturated carbocycles. The molecule has 5 rings (SSSR count). The Kier molecular flexibility index (Phi) is 4.97. The van der Waals surface area contributed by atoms with E-state index in [9.17, 15) is 4.79 Å². The van der Waals surface area contributed by atoms with Gasteiger partial charge in [-0.15, -0.1) is 0 Å². The molecule has 4 heterocycles. The van der Waals surface area contributed by atoms with E-state index in [1.165, 1.54) is 0 Å². The summed E-state index contributed by atoms with van der Waals surface area (Å²) in [5.74, 6) is 1.43. The maximum absolute atomic E-state index is 12.1. The first-order chi connectivity index (χ1) is 15.2. The van der Waals surface area contributed by atoms with Crippen LogP contribution in [0.2, 0.25) is 0 Å². The number of H-pyrrole nitrogens is 1. The second-order valence-electron chi connectivity index (χ2n) is 7.03.